The summed E-state index contributed by atoms with van der Waals surface area (Å²) in [4.78, 5) is 24.5. The van der Waals surface area contributed by atoms with E-state index in [9.17, 15) is 9.59 Å². The molecule has 0 saturated carbocycles. The van der Waals surface area contributed by atoms with Gasteiger partial charge in [0.2, 0.25) is 0 Å². The maximum absolute atomic E-state index is 10.5. The summed E-state index contributed by atoms with van der Waals surface area (Å²) in [5.74, 6) is -3.44. The van der Waals surface area contributed by atoms with Crippen LogP contribution in [0.1, 0.15) is 0 Å². The smallest absolute Gasteiger partial charge is 0.329 e. The van der Waals surface area contributed by atoms with Crippen molar-refractivity contribution < 1.29 is 19.8 Å². The molecule has 0 aromatic rings. The summed E-state index contributed by atoms with van der Waals surface area (Å²) in [6.07, 6.45) is 4.03. The van der Waals surface area contributed by atoms with Gasteiger partial charge in [0, 0.05) is 6.21 Å². The van der Waals surface area contributed by atoms with Gasteiger partial charge in [-0.3, -0.25) is 9.79 Å². The number of nitrogens with zero attached hydrogens (tertiary/aromatic N) is 1. The molecule has 1 aliphatic heterocycles. The molecule has 0 amide bonds. The number of hydrogen-bond acceptors (Lipinski definition) is 3. The number of allylic oxidation sites excluding steroid dienone is 1. The zero-order valence-corrected chi connectivity index (χ0v) is 6.04. The lowest BCUT2D eigenvalue weighted by atomic mass is 9.98. The highest BCUT2D eigenvalue weighted by molar-refractivity contribution is 5.89. The lowest BCUT2D eigenvalue weighted by Gasteiger charge is -2.14. The molecule has 0 spiro atoms. The van der Waals surface area contributed by atoms with Crippen molar-refractivity contribution in [3.8, 4) is 0 Å². The average Bonchev–Trinajstić information content (AvgIpc) is 2.04. The van der Waals surface area contributed by atoms with Gasteiger partial charge in [-0.25, -0.2) is 4.79 Å². The summed E-state index contributed by atoms with van der Waals surface area (Å²) in [6, 6.07) is -1.19. The van der Waals surface area contributed by atoms with Crippen molar-refractivity contribution in [2.24, 2.45) is 10.9 Å². The molecule has 0 aromatic carbocycles. The van der Waals surface area contributed by atoms with Gasteiger partial charge < -0.3 is 10.2 Å². The third kappa shape index (κ3) is 1.50. The Balaban J connectivity index is 2.85. The van der Waals surface area contributed by atoms with Gasteiger partial charge in [0.1, 0.15) is 5.92 Å². The Morgan fingerprint density at radius 1 is 1.25 bits per heavy atom. The van der Waals surface area contributed by atoms with E-state index in [-0.39, 0.29) is 0 Å². The van der Waals surface area contributed by atoms with Crippen LogP contribution in [0, 0.1) is 5.92 Å². The normalized spacial score (nSPS) is 27.0. The summed E-state index contributed by atoms with van der Waals surface area (Å²) in [5, 5.41) is 17.1. The Kier molecular flexibility index (Phi) is 2.23. The van der Waals surface area contributed by atoms with Crippen LogP contribution in [0.2, 0.25) is 0 Å². The van der Waals surface area contributed by atoms with Crippen LogP contribution in [-0.2, 0) is 9.59 Å². The highest BCUT2D eigenvalue weighted by Crippen LogP contribution is 2.13. The molecule has 0 aromatic heterocycles. The van der Waals surface area contributed by atoms with Crippen LogP contribution in [-0.4, -0.2) is 34.4 Å². The van der Waals surface area contributed by atoms with Gasteiger partial charge >= 0.3 is 11.9 Å². The van der Waals surface area contributed by atoms with Crippen LogP contribution in [0.15, 0.2) is 17.1 Å². The van der Waals surface area contributed by atoms with E-state index >= 15 is 0 Å². The molecule has 0 bridgehead atoms. The molecule has 1 aliphatic rings. The van der Waals surface area contributed by atoms with E-state index in [1.165, 1.54) is 18.4 Å². The second-order valence-electron chi connectivity index (χ2n) is 2.33. The van der Waals surface area contributed by atoms with E-state index < -0.39 is 23.9 Å². The SMILES string of the molecule is O=C(O)C1C=CC=NC1C(=O)O. The van der Waals surface area contributed by atoms with E-state index in [0.717, 1.165) is 0 Å². The molecule has 12 heavy (non-hydrogen) atoms. The minimum absolute atomic E-state index is 1.05. The Morgan fingerprint density at radius 3 is 2.33 bits per heavy atom. The number of dihydropyridines is 1. The van der Waals surface area contributed by atoms with E-state index in [0.29, 0.717) is 0 Å². The Morgan fingerprint density at radius 2 is 1.92 bits per heavy atom. The minimum Gasteiger partial charge on any atom is -0.481 e. The van der Waals surface area contributed by atoms with Crippen LogP contribution < -0.4 is 0 Å². The van der Waals surface area contributed by atoms with E-state index in [2.05, 4.69) is 4.99 Å². The Bertz CT molecular complexity index is 241. The van der Waals surface area contributed by atoms with Gasteiger partial charge in [-0.15, -0.1) is 0 Å². The van der Waals surface area contributed by atoms with Crippen molar-refractivity contribution in [3.63, 3.8) is 0 Å². The topological polar surface area (TPSA) is 87.0 Å². The zero-order chi connectivity index (χ0) is 9.14. The van der Waals surface area contributed by atoms with Crippen molar-refractivity contribution in [2.75, 3.05) is 0 Å². The summed E-state index contributed by atoms with van der Waals surface area (Å²) in [7, 11) is 0. The first-order chi connectivity index (χ1) is 5.63. The first kappa shape index (κ1) is 8.45. The van der Waals surface area contributed by atoms with Gasteiger partial charge in [-0.1, -0.05) is 6.08 Å². The lowest BCUT2D eigenvalue weighted by Crippen LogP contribution is -2.33. The molecule has 2 unspecified atom stereocenters. The number of hydrogen-bond donors (Lipinski definition) is 2. The molecule has 0 aliphatic carbocycles. The molecule has 2 atom stereocenters. The van der Waals surface area contributed by atoms with E-state index in [1.807, 2.05) is 0 Å². The van der Waals surface area contributed by atoms with Gasteiger partial charge in [-0.05, 0) is 6.08 Å². The molecule has 1 rings (SSSR count). The van der Waals surface area contributed by atoms with Crippen molar-refractivity contribution in [1.82, 2.24) is 0 Å². The number of carboxylic acid groups (broad SMARTS) is 2. The number of carboxylic acids is 2. The maximum Gasteiger partial charge on any atom is 0.329 e. The second kappa shape index (κ2) is 3.17. The summed E-state index contributed by atoms with van der Waals surface area (Å²) < 4.78 is 0. The molecule has 5 nitrogen and oxygen atoms in total. The molecule has 0 saturated heterocycles. The summed E-state index contributed by atoms with van der Waals surface area (Å²) in [5.41, 5.74) is 0. The maximum atomic E-state index is 10.5. The highest BCUT2D eigenvalue weighted by atomic mass is 16.4. The van der Waals surface area contributed by atoms with Gasteiger partial charge in [-0.2, -0.15) is 0 Å². The number of rotatable bonds is 2. The van der Waals surface area contributed by atoms with Gasteiger partial charge in [0.05, 0.1) is 0 Å². The lowest BCUT2D eigenvalue weighted by molar-refractivity contribution is -0.148. The fourth-order valence-corrected chi connectivity index (χ4v) is 0.945. The number of aliphatic imine (C=N–C) groups is 1. The zero-order valence-electron chi connectivity index (χ0n) is 6.04. The second-order valence-corrected chi connectivity index (χ2v) is 2.33. The number of carbonyl (C=O) groups is 2. The van der Waals surface area contributed by atoms with Crippen LogP contribution >= 0.6 is 0 Å². The van der Waals surface area contributed by atoms with Gasteiger partial charge in [0.15, 0.2) is 6.04 Å². The molecule has 2 N–H and O–H groups in total. The fourth-order valence-electron chi connectivity index (χ4n) is 0.945. The molecular formula is C7H7NO4. The first-order valence-electron chi connectivity index (χ1n) is 3.28. The van der Waals surface area contributed by atoms with Crippen molar-refractivity contribution in [3.05, 3.63) is 12.2 Å². The summed E-state index contributed by atoms with van der Waals surface area (Å²) in [6.45, 7) is 0. The monoisotopic (exact) mass is 169 g/mol. The first-order valence-corrected chi connectivity index (χ1v) is 3.28. The number of aliphatic carboxylic acids is 2. The van der Waals surface area contributed by atoms with Crippen LogP contribution in [0.5, 0.6) is 0 Å². The molecule has 0 radical (unpaired) electrons. The highest BCUT2D eigenvalue weighted by Gasteiger charge is 2.32. The van der Waals surface area contributed by atoms with Crippen LogP contribution in [0.4, 0.5) is 0 Å². The van der Waals surface area contributed by atoms with Crippen molar-refractivity contribution in [2.45, 2.75) is 6.04 Å². The van der Waals surface area contributed by atoms with Crippen molar-refractivity contribution >= 4 is 18.2 Å². The third-order valence-corrected chi connectivity index (χ3v) is 1.53. The van der Waals surface area contributed by atoms with Crippen LogP contribution in [0.25, 0.3) is 0 Å². The van der Waals surface area contributed by atoms with Crippen LogP contribution in [0.3, 0.4) is 0 Å². The summed E-state index contributed by atoms with van der Waals surface area (Å²) >= 11 is 0. The Labute approximate surface area is 68.0 Å². The molecular weight excluding hydrogens is 162 g/mol. The third-order valence-electron chi connectivity index (χ3n) is 1.53. The Hall–Kier alpha value is -1.65. The standard InChI is InChI=1S/C7H7NO4/c9-6(10)4-2-1-3-8-5(4)7(11)12/h1-5H,(H,9,10)(H,11,12). The minimum atomic E-state index is -1.22. The molecule has 0 fully saturated rings. The quantitative estimate of drug-likeness (QED) is 0.598. The van der Waals surface area contributed by atoms with E-state index in [1.54, 1.807) is 0 Å². The van der Waals surface area contributed by atoms with Crippen molar-refractivity contribution in [1.29, 1.82) is 0 Å². The fraction of sp³-hybridized carbons (Fsp3) is 0.286. The molecule has 64 valence electrons. The predicted octanol–water partition coefficient (Wildman–Crippen LogP) is -0.219. The van der Waals surface area contributed by atoms with E-state index in [4.69, 9.17) is 10.2 Å². The van der Waals surface area contributed by atoms with Gasteiger partial charge in [0.25, 0.3) is 0 Å². The molecule has 5 heteroatoms. The average molecular weight is 169 g/mol. The molecule has 1 heterocycles. The largest absolute Gasteiger partial charge is 0.481 e. The predicted molar refractivity (Wildman–Crippen MR) is 40.2 cm³/mol.